The molecule has 23 heavy (non-hydrogen) atoms. The van der Waals surface area contributed by atoms with Crippen LogP contribution in [0.1, 0.15) is 43.8 Å². The Hall–Kier alpha value is -0.390. The quantitative estimate of drug-likeness (QED) is 0.768. The largest absolute Gasteiger partial charge is 0.387 e. The lowest BCUT2D eigenvalue weighted by atomic mass is 9.92. The number of rotatable bonds is 4. The van der Waals surface area contributed by atoms with E-state index in [1.54, 1.807) is 12.1 Å². The zero-order valence-corrected chi connectivity index (χ0v) is 14.8. The van der Waals surface area contributed by atoms with Gasteiger partial charge in [-0.2, -0.15) is 0 Å². The predicted octanol–water partition coefficient (Wildman–Crippen LogP) is 3.21. The van der Waals surface area contributed by atoms with Gasteiger partial charge in [0, 0.05) is 12.1 Å². The van der Waals surface area contributed by atoms with Gasteiger partial charge in [0.15, 0.2) is 0 Å². The van der Waals surface area contributed by atoms with E-state index in [-0.39, 0.29) is 36.7 Å². The molecule has 0 bridgehead atoms. The predicted molar refractivity (Wildman–Crippen MR) is 96.0 cm³/mol. The van der Waals surface area contributed by atoms with E-state index in [2.05, 4.69) is 10.6 Å². The van der Waals surface area contributed by atoms with Crippen molar-refractivity contribution in [3.8, 4) is 0 Å². The van der Waals surface area contributed by atoms with Crippen LogP contribution < -0.4 is 10.6 Å². The molecule has 0 amide bonds. The smallest absolute Gasteiger partial charge is 0.123 e. The number of halogens is 3. The summed E-state index contributed by atoms with van der Waals surface area (Å²) in [6.07, 6.45) is 5.21. The van der Waals surface area contributed by atoms with Crippen LogP contribution in [0, 0.1) is 11.7 Å². The molecule has 1 aromatic rings. The highest BCUT2D eigenvalue weighted by atomic mass is 35.5. The normalized spacial score (nSPS) is 28.5. The number of hydrogen-bond acceptors (Lipinski definition) is 3. The molecule has 3 rings (SSSR count). The number of aliphatic hydroxyl groups excluding tert-OH is 1. The molecule has 6 heteroatoms. The summed E-state index contributed by atoms with van der Waals surface area (Å²) < 4.78 is 13.3. The molecule has 2 fully saturated rings. The molecule has 2 heterocycles. The van der Waals surface area contributed by atoms with E-state index in [4.69, 9.17) is 0 Å². The molecule has 2 saturated heterocycles. The van der Waals surface area contributed by atoms with Crippen molar-refractivity contribution in [3.05, 3.63) is 35.6 Å². The molecule has 0 saturated carbocycles. The summed E-state index contributed by atoms with van der Waals surface area (Å²) in [4.78, 5) is 0. The van der Waals surface area contributed by atoms with E-state index in [0.717, 1.165) is 31.8 Å². The molecule has 132 valence electrons. The van der Waals surface area contributed by atoms with Crippen LogP contribution in [0.4, 0.5) is 4.39 Å². The van der Waals surface area contributed by atoms with Gasteiger partial charge in [-0.3, -0.25) is 0 Å². The average molecular weight is 365 g/mol. The Labute approximate surface area is 150 Å². The highest BCUT2D eigenvalue weighted by molar-refractivity contribution is 5.85. The van der Waals surface area contributed by atoms with Crippen LogP contribution in [-0.2, 0) is 0 Å². The second-order valence-electron chi connectivity index (χ2n) is 6.50. The zero-order valence-electron chi connectivity index (χ0n) is 13.2. The standard InChI is InChI=1S/C17H25FN2O.2ClH/c18-14-5-1-4-13(10-14)17(21)16-7-6-15(20-16)9-12-3-2-8-19-11-12;;/h1,4-5,10,12,15-17,19-21H,2-3,6-9,11H2;2*1H/t12-,15-,16+,17+;;/m0../s1. The first-order valence-corrected chi connectivity index (χ1v) is 8.12. The van der Waals surface area contributed by atoms with Crippen LogP contribution >= 0.6 is 24.8 Å². The summed E-state index contributed by atoms with van der Waals surface area (Å²) in [5.74, 6) is 0.468. The number of aliphatic hydroxyl groups is 1. The summed E-state index contributed by atoms with van der Waals surface area (Å²) >= 11 is 0. The van der Waals surface area contributed by atoms with Crippen molar-refractivity contribution in [1.29, 1.82) is 0 Å². The Bertz CT molecular complexity index is 472. The molecular formula is C17H27Cl2FN2O. The first kappa shape index (κ1) is 20.7. The van der Waals surface area contributed by atoms with Crippen LogP contribution in [0.2, 0.25) is 0 Å². The summed E-state index contributed by atoms with van der Waals surface area (Å²) in [5, 5.41) is 17.4. The van der Waals surface area contributed by atoms with E-state index < -0.39 is 6.10 Å². The van der Waals surface area contributed by atoms with Crippen LogP contribution in [0.15, 0.2) is 24.3 Å². The van der Waals surface area contributed by atoms with Crippen LogP contribution in [0.5, 0.6) is 0 Å². The lowest BCUT2D eigenvalue weighted by molar-refractivity contribution is 0.133. The van der Waals surface area contributed by atoms with Crippen LogP contribution in [-0.4, -0.2) is 30.3 Å². The summed E-state index contributed by atoms with van der Waals surface area (Å²) in [7, 11) is 0. The third kappa shape index (κ3) is 5.57. The lowest BCUT2D eigenvalue weighted by Gasteiger charge is -2.26. The van der Waals surface area contributed by atoms with Gasteiger partial charge < -0.3 is 15.7 Å². The highest BCUT2D eigenvalue weighted by Gasteiger charge is 2.31. The van der Waals surface area contributed by atoms with Crippen molar-refractivity contribution < 1.29 is 9.50 Å². The maximum Gasteiger partial charge on any atom is 0.123 e. The molecule has 2 aliphatic heterocycles. The van der Waals surface area contributed by atoms with Crippen LogP contribution in [0.25, 0.3) is 0 Å². The highest BCUT2D eigenvalue weighted by Crippen LogP contribution is 2.29. The van der Waals surface area contributed by atoms with Crippen molar-refractivity contribution >= 4 is 24.8 Å². The first-order chi connectivity index (χ1) is 10.2. The maximum atomic E-state index is 13.3. The zero-order chi connectivity index (χ0) is 14.7. The van der Waals surface area contributed by atoms with Crippen LogP contribution in [0.3, 0.4) is 0 Å². The van der Waals surface area contributed by atoms with Gasteiger partial charge in [-0.15, -0.1) is 24.8 Å². The Morgan fingerprint density at radius 1 is 1.22 bits per heavy atom. The molecular weight excluding hydrogens is 338 g/mol. The number of hydrogen-bond donors (Lipinski definition) is 3. The SMILES string of the molecule is Cl.Cl.O[C@H](c1cccc(F)c1)[C@H]1CC[C@@H](C[C@@H]2CCCNC2)N1. The third-order valence-corrected chi connectivity index (χ3v) is 4.86. The Morgan fingerprint density at radius 2 is 2.04 bits per heavy atom. The average Bonchev–Trinajstić information content (AvgIpc) is 2.96. The molecule has 0 radical (unpaired) electrons. The molecule has 4 atom stereocenters. The molecule has 2 aliphatic rings. The second-order valence-corrected chi connectivity index (χ2v) is 6.50. The summed E-state index contributed by atoms with van der Waals surface area (Å²) in [6.45, 7) is 2.27. The number of nitrogens with one attached hydrogen (secondary N) is 2. The van der Waals surface area contributed by atoms with Gasteiger partial charge in [0.1, 0.15) is 5.82 Å². The van der Waals surface area contributed by atoms with Gasteiger partial charge in [-0.25, -0.2) is 4.39 Å². The van der Waals surface area contributed by atoms with E-state index in [1.807, 2.05) is 0 Å². The Balaban J connectivity index is 0.00000132. The van der Waals surface area contributed by atoms with Crippen molar-refractivity contribution in [2.45, 2.75) is 50.3 Å². The topological polar surface area (TPSA) is 44.3 Å². The minimum Gasteiger partial charge on any atom is -0.387 e. The van der Waals surface area contributed by atoms with Crippen molar-refractivity contribution in [2.24, 2.45) is 5.92 Å². The lowest BCUT2D eigenvalue weighted by Crippen LogP contribution is -2.38. The van der Waals surface area contributed by atoms with Gasteiger partial charge in [0.05, 0.1) is 6.10 Å². The third-order valence-electron chi connectivity index (χ3n) is 4.86. The van der Waals surface area contributed by atoms with Crippen molar-refractivity contribution in [1.82, 2.24) is 10.6 Å². The summed E-state index contributed by atoms with van der Waals surface area (Å²) in [6, 6.07) is 6.85. The molecule has 0 aromatic heterocycles. The fourth-order valence-corrected chi connectivity index (χ4v) is 3.74. The fourth-order valence-electron chi connectivity index (χ4n) is 3.74. The first-order valence-electron chi connectivity index (χ1n) is 8.12. The number of benzene rings is 1. The van der Waals surface area contributed by atoms with E-state index in [0.29, 0.717) is 11.6 Å². The minimum atomic E-state index is -0.616. The van der Waals surface area contributed by atoms with Crippen molar-refractivity contribution in [3.63, 3.8) is 0 Å². The molecule has 0 aliphatic carbocycles. The molecule has 0 spiro atoms. The summed E-state index contributed by atoms with van der Waals surface area (Å²) in [5.41, 5.74) is 0.674. The molecule has 1 aromatic carbocycles. The van der Waals surface area contributed by atoms with Crippen molar-refractivity contribution in [2.75, 3.05) is 13.1 Å². The Morgan fingerprint density at radius 3 is 2.74 bits per heavy atom. The maximum absolute atomic E-state index is 13.3. The van der Waals surface area contributed by atoms with E-state index in [9.17, 15) is 9.50 Å². The van der Waals surface area contributed by atoms with Gasteiger partial charge >= 0.3 is 0 Å². The van der Waals surface area contributed by atoms with Gasteiger partial charge in [0.25, 0.3) is 0 Å². The monoisotopic (exact) mass is 364 g/mol. The molecule has 3 N–H and O–H groups in total. The molecule has 3 nitrogen and oxygen atoms in total. The van der Waals surface area contributed by atoms with Gasteiger partial charge in [0.2, 0.25) is 0 Å². The van der Waals surface area contributed by atoms with E-state index >= 15 is 0 Å². The second kappa shape index (κ2) is 9.80. The number of piperidine rings is 1. The minimum absolute atomic E-state index is 0. The van der Waals surface area contributed by atoms with E-state index in [1.165, 1.54) is 31.4 Å². The van der Waals surface area contributed by atoms with Gasteiger partial charge in [-0.05, 0) is 68.8 Å². The molecule has 0 unspecified atom stereocenters. The fraction of sp³-hybridized carbons (Fsp3) is 0.647. The Kier molecular flexibility index (Phi) is 8.80. The van der Waals surface area contributed by atoms with Gasteiger partial charge in [-0.1, -0.05) is 12.1 Å².